The minimum absolute atomic E-state index is 0.533. The topological polar surface area (TPSA) is 29.5 Å². The lowest BCUT2D eigenvalue weighted by Crippen LogP contribution is -2.74. The van der Waals surface area contributed by atoms with Crippen LogP contribution in [0.3, 0.4) is 0 Å². The summed E-state index contributed by atoms with van der Waals surface area (Å²) in [7, 11) is 3.48. The van der Waals surface area contributed by atoms with Gasteiger partial charge < -0.3 is 5.32 Å². The van der Waals surface area contributed by atoms with E-state index in [-0.39, 0.29) is 0 Å². The van der Waals surface area contributed by atoms with E-state index in [1.165, 1.54) is 12.3 Å². The van der Waals surface area contributed by atoms with Crippen molar-refractivity contribution >= 4 is 0 Å². The van der Waals surface area contributed by atoms with Gasteiger partial charge in [0.25, 0.3) is 0 Å². The average molecular weight is 190 g/mol. The summed E-state index contributed by atoms with van der Waals surface area (Å²) in [5.41, 5.74) is -0.136. The molecule has 2 nitrogen and oxygen atoms in total. The maximum atomic E-state index is 12.0. The zero-order valence-corrected chi connectivity index (χ0v) is 6.80. The molecule has 1 aromatic rings. The SMILES string of the molecule is [CH2-][NH2+]Cc1ccc(C(F)(F)F)nc1. The van der Waals surface area contributed by atoms with Gasteiger partial charge in [-0.1, -0.05) is 0 Å². The summed E-state index contributed by atoms with van der Waals surface area (Å²) >= 11 is 0. The number of quaternary nitrogens is 1. The van der Waals surface area contributed by atoms with Crippen LogP contribution in [0.2, 0.25) is 0 Å². The van der Waals surface area contributed by atoms with E-state index in [0.29, 0.717) is 6.54 Å². The van der Waals surface area contributed by atoms with Gasteiger partial charge in [-0.05, 0) is 12.1 Å². The molecule has 0 spiro atoms. The first-order valence-corrected chi connectivity index (χ1v) is 3.67. The van der Waals surface area contributed by atoms with E-state index in [2.05, 4.69) is 12.0 Å². The lowest BCUT2D eigenvalue weighted by molar-refractivity contribution is -0.612. The summed E-state index contributed by atoms with van der Waals surface area (Å²) in [5, 5.41) is 1.62. The molecule has 0 aliphatic rings. The van der Waals surface area contributed by atoms with Crippen LogP contribution in [0.1, 0.15) is 11.3 Å². The van der Waals surface area contributed by atoms with Gasteiger partial charge in [0.1, 0.15) is 5.69 Å². The van der Waals surface area contributed by atoms with Crippen LogP contribution in [0.25, 0.3) is 0 Å². The molecule has 0 aliphatic carbocycles. The minimum atomic E-state index is -4.35. The second kappa shape index (κ2) is 3.74. The Hall–Kier alpha value is -1.10. The highest BCUT2D eigenvalue weighted by molar-refractivity contribution is 5.14. The van der Waals surface area contributed by atoms with Crippen molar-refractivity contribution in [3.8, 4) is 0 Å². The molecule has 0 saturated carbocycles. The van der Waals surface area contributed by atoms with Gasteiger partial charge in [0.2, 0.25) is 0 Å². The smallest absolute Gasteiger partial charge is 0.433 e. The Morgan fingerprint density at radius 3 is 2.46 bits per heavy atom. The predicted molar refractivity (Wildman–Crippen MR) is 40.2 cm³/mol. The molecule has 0 aliphatic heterocycles. The second-order valence-electron chi connectivity index (χ2n) is 2.54. The number of hydrogen-bond acceptors (Lipinski definition) is 1. The molecule has 1 aromatic heterocycles. The van der Waals surface area contributed by atoms with Gasteiger partial charge in [0.05, 0.1) is 6.54 Å². The highest BCUT2D eigenvalue weighted by Crippen LogP contribution is 2.26. The first-order chi connectivity index (χ1) is 6.04. The van der Waals surface area contributed by atoms with Gasteiger partial charge in [-0.15, -0.1) is 0 Å². The van der Waals surface area contributed by atoms with Gasteiger partial charge in [0, 0.05) is 11.8 Å². The minimum Gasteiger partial charge on any atom is -0.475 e. The number of halogens is 3. The molecule has 13 heavy (non-hydrogen) atoms. The molecule has 5 heteroatoms. The van der Waals surface area contributed by atoms with Gasteiger partial charge in [-0.2, -0.15) is 20.2 Å². The molecule has 72 valence electrons. The van der Waals surface area contributed by atoms with Crippen molar-refractivity contribution in [2.45, 2.75) is 12.7 Å². The van der Waals surface area contributed by atoms with Crippen LogP contribution in [0.4, 0.5) is 13.2 Å². The van der Waals surface area contributed by atoms with Crippen LogP contribution >= 0.6 is 0 Å². The number of pyridine rings is 1. The van der Waals surface area contributed by atoms with Gasteiger partial charge in [0.15, 0.2) is 0 Å². The van der Waals surface area contributed by atoms with Crippen LogP contribution in [0.15, 0.2) is 18.3 Å². The molecule has 0 fully saturated rings. The van der Waals surface area contributed by atoms with E-state index in [1.807, 2.05) is 0 Å². The van der Waals surface area contributed by atoms with Crippen molar-refractivity contribution in [3.05, 3.63) is 36.6 Å². The van der Waals surface area contributed by atoms with Gasteiger partial charge >= 0.3 is 6.18 Å². The Labute approximate surface area is 73.8 Å². The lowest BCUT2D eigenvalue weighted by atomic mass is 10.2. The predicted octanol–water partition coefficient (Wildman–Crippen LogP) is 0.955. The van der Waals surface area contributed by atoms with E-state index in [9.17, 15) is 13.2 Å². The second-order valence-corrected chi connectivity index (χ2v) is 2.54. The fourth-order valence-electron chi connectivity index (χ4n) is 0.880. The molecule has 0 saturated heterocycles. The van der Waals surface area contributed by atoms with Crippen molar-refractivity contribution in [2.75, 3.05) is 0 Å². The normalized spacial score (nSPS) is 11.7. The Morgan fingerprint density at radius 2 is 2.08 bits per heavy atom. The Kier molecular flexibility index (Phi) is 2.87. The molecule has 1 rings (SSSR count). The molecule has 0 unspecified atom stereocenters. The highest BCUT2D eigenvalue weighted by atomic mass is 19.4. The monoisotopic (exact) mass is 190 g/mol. The van der Waals surface area contributed by atoms with Crippen LogP contribution < -0.4 is 5.32 Å². The van der Waals surface area contributed by atoms with Gasteiger partial charge in [-0.25, -0.2) is 0 Å². The van der Waals surface area contributed by atoms with Crippen LogP contribution in [0.5, 0.6) is 0 Å². The zero-order chi connectivity index (χ0) is 9.90. The quantitative estimate of drug-likeness (QED) is 0.691. The lowest BCUT2D eigenvalue weighted by Gasteiger charge is -2.05. The molecule has 1 heterocycles. The van der Waals surface area contributed by atoms with Crippen molar-refractivity contribution in [3.63, 3.8) is 0 Å². The third-order valence-electron chi connectivity index (χ3n) is 1.50. The van der Waals surface area contributed by atoms with Crippen LogP contribution in [-0.2, 0) is 12.7 Å². The van der Waals surface area contributed by atoms with E-state index in [1.54, 1.807) is 5.32 Å². The number of alkyl halides is 3. The van der Waals surface area contributed by atoms with E-state index in [4.69, 9.17) is 0 Å². The van der Waals surface area contributed by atoms with Crippen molar-refractivity contribution in [1.29, 1.82) is 0 Å². The van der Waals surface area contributed by atoms with Gasteiger partial charge in [-0.3, -0.25) is 4.98 Å². The zero-order valence-electron chi connectivity index (χ0n) is 6.80. The number of nitrogens with zero attached hydrogens (tertiary/aromatic N) is 1. The third kappa shape index (κ3) is 2.69. The number of hydrogen-bond donors (Lipinski definition) is 1. The summed E-state index contributed by atoms with van der Waals surface area (Å²) in [6.07, 6.45) is -3.14. The fraction of sp³-hybridized carbons (Fsp3) is 0.250. The standard InChI is InChI=1S/C8H9F3N2/c1-12-4-6-2-3-7(13-5-6)8(9,10)11/h2-3,5H,1,4,12H2. The number of rotatable bonds is 2. The molecular formula is C8H9F3N2. The summed E-state index contributed by atoms with van der Waals surface area (Å²) in [6, 6.07) is 2.37. The van der Waals surface area contributed by atoms with E-state index in [0.717, 1.165) is 11.6 Å². The Bertz CT molecular complexity index is 266. The molecule has 2 N–H and O–H groups in total. The summed E-state index contributed by atoms with van der Waals surface area (Å²) < 4.78 is 36.1. The van der Waals surface area contributed by atoms with E-state index >= 15 is 0 Å². The average Bonchev–Trinajstić information content (AvgIpc) is 2.04. The largest absolute Gasteiger partial charge is 0.475 e. The summed E-state index contributed by atoms with van der Waals surface area (Å²) in [5.74, 6) is 0. The molecule has 0 amide bonds. The Balaban J connectivity index is 2.81. The molecule has 0 bridgehead atoms. The number of nitrogens with two attached hydrogens (primary N) is 1. The molecular weight excluding hydrogens is 181 g/mol. The van der Waals surface area contributed by atoms with Crippen LogP contribution in [-0.4, -0.2) is 4.98 Å². The molecule has 0 aromatic carbocycles. The van der Waals surface area contributed by atoms with Crippen molar-refractivity contribution in [2.24, 2.45) is 0 Å². The fourth-order valence-corrected chi connectivity index (χ4v) is 0.880. The third-order valence-corrected chi connectivity index (χ3v) is 1.50. The molecule has 0 atom stereocenters. The van der Waals surface area contributed by atoms with Crippen LogP contribution in [0, 0.1) is 7.05 Å². The number of aromatic nitrogens is 1. The highest BCUT2D eigenvalue weighted by Gasteiger charge is 2.31. The Morgan fingerprint density at radius 1 is 1.38 bits per heavy atom. The van der Waals surface area contributed by atoms with E-state index < -0.39 is 11.9 Å². The summed E-state index contributed by atoms with van der Waals surface area (Å²) in [6.45, 7) is 0.533. The maximum Gasteiger partial charge on any atom is 0.433 e. The molecule has 0 radical (unpaired) electrons. The van der Waals surface area contributed by atoms with Crippen molar-refractivity contribution < 1.29 is 18.5 Å². The first kappa shape index (κ1) is 9.98. The maximum absolute atomic E-state index is 12.0. The van der Waals surface area contributed by atoms with Crippen molar-refractivity contribution in [1.82, 2.24) is 4.98 Å². The first-order valence-electron chi connectivity index (χ1n) is 3.67. The summed E-state index contributed by atoms with van der Waals surface area (Å²) in [4.78, 5) is 3.30.